The van der Waals surface area contributed by atoms with Crippen LogP contribution in [-0.2, 0) is 0 Å². The molecule has 0 bridgehead atoms. The van der Waals surface area contributed by atoms with E-state index in [0.717, 1.165) is 72.3 Å². The van der Waals surface area contributed by atoms with Gasteiger partial charge in [0.15, 0.2) is 11.6 Å². The van der Waals surface area contributed by atoms with Gasteiger partial charge in [0, 0.05) is 28.1 Å². The number of rotatable bonds is 11. The van der Waals surface area contributed by atoms with E-state index >= 15 is 0 Å². The van der Waals surface area contributed by atoms with Crippen LogP contribution in [0.1, 0.15) is 33.4 Å². The molecule has 0 atom stereocenters. The molecule has 348 valence electrons. The lowest BCUT2D eigenvalue weighted by atomic mass is 9.96. The molecule has 5 nitrogen and oxygen atoms in total. The third-order valence-corrected chi connectivity index (χ3v) is 13.5. The number of hydrogen-bond donors (Lipinski definition) is 0. The van der Waals surface area contributed by atoms with Crippen molar-refractivity contribution in [3.8, 4) is 56.2 Å². The molecular weight excluding hydrogens is 875 g/mol. The maximum absolute atomic E-state index is 5.58. The highest BCUT2D eigenvalue weighted by molar-refractivity contribution is 5.98. The van der Waals surface area contributed by atoms with Gasteiger partial charge in [0.1, 0.15) is 0 Å². The van der Waals surface area contributed by atoms with E-state index in [0.29, 0.717) is 17.6 Å². The molecule has 10 aromatic carbocycles. The fourth-order valence-corrected chi connectivity index (χ4v) is 10.5. The summed E-state index contributed by atoms with van der Waals surface area (Å²) in [4.78, 5) is 21.1. The van der Waals surface area contributed by atoms with Crippen molar-refractivity contribution in [2.45, 2.75) is 41.5 Å². The van der Waals surface area contributed by atoms with E-state index in [4.69, 9.17) is 15.0 Å². The van der Waals surface area contributed by atoms with Gasteiger partial charge in [-0.05, 0) is 157 Å². The minimum absolute atomic E-state index is 0.498. The molecule has 0 N–H and O–H groups in total. The quantitative estimate of drug-likeness (QED) is 0.129. The van der Waals surface area contributed by atoms with Crippen LogP contribution in [0.25, 0.3) is 66.9 Å². The molecule has 0 spiro atoms. The standard InChI is InChI=1S/C67H55N5/c1-44-35-46(3)63(47(4)36-44)72(64-48(5)37-45(2)38-49(64)6)60-33-31-59(32-34-60)71(62-43-55-30-20-19-29-54(55)42-61(62)52-25-15-9-16-26-52)67-69-65(53-27-17-10-18-28-53)68-66(70-67)58-40-56(50-21-11-7-12-22-50)39-57(41-58)51-23-13-8-14-24-51/h7-43H,1-6H3. The van der Waals surface area contributed by atoms with E-state index in [1.807, 2.05) is 18.2 Å². The van der Waals surface area contributed by atoms with Gasteiger partial charge in [-0.15, -0.1) is 0 Å². The first kappa shape index (κ1) is 45.5. The predicted octanol–water partition coefficient (Wildman–Crippen LogP) is 18.1. The van der Waals surface area contributed by atoms with Gasteiger partial charge in [0.25, 0.3) is 0 Å². The van der Waals surface area contributed by atoms with Crippen LogP contribution in [0.2, 0.25) is 0 Å². The van der Waals surface area contributed by atoms with Crippen molar-refractivity contribution in [3.05, 3.63) is 258 Å². The van der Waals surface area contributed by atoms with E-state index in [-0.39, 0.29) is 0 Å². The zero-order valence-corrected chi connectivity index (χ0v) is 41.6. The highest BCUT2D eigenvalue weighted by Crippen LogP contribution is 2.46. The van der Waals surface area contributed by atoms with Gasteiger partial charge < -0.3 is 4.90 Å². The van der Waals surface area contributed by atoms with Gasteiger partial charge in [0.2, 0.25) is 5.95 Å². The zero-order chi connectivity index (χ0) is 49.3. The largest absolute Gasteiger partial charge is 0.309 e. The maximum atomic E-state index is 5.58. The Morgan fingerprint density at radius 1 is 0.292 bits per heavy atom. The van der Waals surface area contributed by atoms with Crippen LogP contribution in [0, 0.1) is 41.5 Å². The molecule has 0 aliphatic carbocycles. The first-order valence-corrected chi connectivity index (χ1v) is 24.7. The molecule has 5 heteroatoms. The lowest BCUT2D eigenvalue weighted by Crippen LogP contribution is -2.18. The SMILES string of the molecule is Cc1cc(C)c(N(c2ccc(N(c3nc(-c4ccccc4)nc(-c4cc(-c5ccccc5)cc(-c5ccccc5)c4)n3)c3cc4ccccc4cc3-c3ccccc3)cc2)c2c(C)cc(C)cc2C)c(C)c1. The minimum Gasteiger partial charge on any atom is -0.309 e. The molecular formula is C67H55N5. The fraction of sp³-hybridized carbons (Fsp3) is 0.0896. The average Bonchev–Trinajstić information content (AvgIpc) is 3.41. The van der Waals surface area contributed by atoms with Crippen LogP contribution in [-0.4, -0.2) is 15.0 Å². The Bertz CT molecular complexity index is 3580. The Kier molecular flexibility index (Phi) is 12.3. The number of aryl methyl sites for hydroxylation is 6. The Labute approximate surface area is 423 Å². The maximum Gasteiger partial charge on any atom is 0.238 e. The molecule has 0 amide bonds. The van der Waals surface area contributed by atoms with Gasteiger partial charge in [-0.25, -0.2) is 4.98 Å². The van der Waals surface area contributed by atoms with Crippen LogP contribution >= 0.6 is 0 Å². The summed E-state index contributed by atoms with van der Waals surface area (Å²) in [6.45, 7) is 13.3. The molecule has 1 heterocycles. The van der Waals surface area contributed by atoms with E-state index in [9.17, 15) is 0 Å². The normalized spacial score (nSPS) is 11.2. The number of nitrogens with zero attached hydrogens (tertiary/aromatic N) is 5. The van der Waals surface area contributed by atoms with Gasteiger partial charge in [-0.1, -0.05) is 181 Å². The van der Waals surface area contributed by atoms with Gasteiger partial charge in [0.05, 0.1) is 17.1 Å². The van der Waals surface area contributed by atoms with Crippen LogP contribution in [0.15, 0.2) is 224 Å². The fourth-order valence-electron chi connectivity index (χ4n) is 10.5. The summed E-state index contributed by atoms with van der Waals surface area (Å²) in [5.41, 5.74) is 20.9. The summed E-state index contributed by atoms with van der Waals surface area (Å²) in [6, 6.07) is 79.9. The number of fused-ring (bicyclic) bond motifs is 1. The molecule has 11 aromatic rings. The highest BCUT2D eigenvalue weighted by atomic mass is 15.3. The second kappa shape index (κ2) is 19.5. The van der Waals surface area contributed by atoms with Crippen molar-refractivity contribution in [2.24, 2.45) is 0 Å². The van der Waals surface area contributed by atoms with Crippen molar-refractivity contribution in [3.63, 3.8) is 0 Å². The van der Waals surface area contributed by atoms with Crippen molar-refractivity contribution in [1.82, 2.24) is 15.0 Å². The average molecular weight is 930 g/mol. The Morgan fingerprint density at radius 2 is 0.667 bits per heavy atom. The zero-order valence-electron chi connectivity index (χ0n) is 41.6. The highest BCUT2D eigenvalue weighted by Gasteiger charge is 2.26. The van der Waals surface area contributed by atoms with Crippen molar-refractivity contribution in [1.29, 1.82) is 0 Å². The molecule has 72 heavy (non-hydrogen) atoms. The van der Waals surface area contributed by atoms with E-state index < -0.39 is 0 Å². The Balaban J connectivity index is 1.18. The molecule has 11 rings (SSSR count). The van der Waals surface area contributed by atoms with Crippen LogP contribution in [0.4, 0.5) is 34.4 Å². The van der Waals surface area contributed by atoms with Crippen molar-refractivity contribution in [2.75, 3.05) is 9.80 Å². The summed E-state index contributed by atoms with van der Waals surface area (Å²) < 4.78 is 0. The molecule has 0 saturated heterocycles. The Hall–Kier alpha value is -8.93. The van der Waals surface area contributed by atoms with E-state index in [1.54, 1.807) is 0 Å². The van der Waals surface area contributed by atoms with E-state index in [1.165, 1.54) is 44.8 Å². The summed E-state index contributed by atoms with van der Waals surface area (Å²) in [5, 5.41) is 2.25. The number of hydrogen-bond acceptors (Lipinski definition) is 5. The smallest absolute Gasteiger partial charge is 0.238 e. The van der Waals surface area contributed by atoms with E-state index in [2.05, 4.69) is 258 Å². The van der Waals surface area contributed by atoms with Crippen LogP contribution in [0.3, 0.4) is 0 Å². The lowest BCUT2D eigenvalue weighted by molar-refractivity contribution is 1.02. The molecule has 0 saturated carbocycles. The third kappa shape index (κ3) is 9.05. The van der Waals surface area contributed by atoms with Gasteiger partial charge in [-0.2, -0.15) is 9.97 Å². The molecule has 0 aliphatic heterocycles. The first-order valence-electron chi connectivity index (χ1n) is 24.7. The third-order valence-electron chi connectivity index (χ3n) is 13.5. The first-order chi connectivity index (χ1) is 35.1. The summed E-state index contributed by atoms with van der Waals surface area (Å²) in [5.74, 6) is 1.64. The van der Waals surface area contributed by atoms with Crippen LogP contribution in [0.5, 0.6) is 0 Å². The molecule has 0 unspecified atom stereocenters. The number of anilines is 6. The molecule has 0 aliphatic rings. The van der Waals surface area contributed by atoms with Gasteiger partial charge >= 0.3 is 0 Å². The molecule has 0 radical (unpaired) electrons. The second-order valence-corrected chi connectivity index (χ2v) is 18.9. The van der Waals surface area contributed by atoms with Crippen molar-refractivity contribution < 1.29 is 0 Å². The lowest BCUT2D eigenvalue weighted by Gasteiger charge is -2.32. The Morgan fingerprint density at radius 3 is 1.14 bits per heavy atom. The number of aromatic nitrogens is 3. The summed E-state index contributed by atoms with van der Waals surface area (Å²) in [6.07, 6.45) is 0. The van der Waals surface area contributed by atoms with Crippen LogP contribution < -0.4 is 9.80 Å². The topological polar surface area (TPSA) is 45.2 Å². The minimum atomic E-state index is 0.498. The van der Waals surface area contributed by atoms with Gasteiger partial charge in [-0.3, -0.25) is 4.90 Å². The van der Waals surface area contributed by atoms with Crippen molar-refractivity contribution >= 4 is 45.2 Å². The number of benzene rings is 10. The predicted molar refractivity (Wildman–Crippen MR) is 302 cm³/mol. The summed E-state index contributed by atoms with van der Waals surface area (Å²) in [7, 11) is 0. The monoisotopic (exact) mass is 929 g/mol. The molecule has 0 fully saturated rings. The second-order valence-electron chi connectivity index (χ2n) is 18.9. The molecule has 1 aromatic heterocycles. The summed E-state index contributed by atoms with van der Waals surface area (Å²) >= 11 is 0.